The van der Waals surface area contributed by atoms with Gasteiger partial charge in [-0.25, -0.2) is 0 Å². The van der Waals surface area contributed by atoms with Gasteiger partial charge in [0.25, 0.3) is 0 Å². The molecule has 2 aromatic rings. The van der Waals surface area contributed by atoms with E-state index in [1.54, 1.807) is 19.2 Å². The fourth-order valence-corrected chi connectivity index (χ4v) is 3.16. The van der Waals surface area contributed by atoms with Gasteiger partial charge in [-0.05, 0) is 60.6 Å². The molecule has 0 bridgehead atoms. The van der Waals surface area contributed by atoms with E-state index in [0.717, 1.165) is 47.4 Å². The minimum absolute atomic E-state index is 0.0598. The molecule has 0 amide bonds. The summed E-state index contributed by atoms with van der Waals surface area (Å²) in [5.41, 5.74) is 3.32. The maximum Gasteiger partial charge on any atom is 0.158 e. The number of ether oxygens (including phenoxy) is 2. The van der Waals surface area contributed by atoms with Crippen molar-refractivity contribution in [3.8, 4) is 5.75 Å². The zero-order valence-corrected chi connectivity index (χ0v) is 13.9. The summed E-state index contributed by atoms with van der Waals surface area (Å²) >= 11 is 6.36. The Hall–Kier alpha value is -1.55. The fourth-order valence-electron chi connectivity index (χ4n) is 2.97. The lowest BCUT2D eigenvalue weighted by molar-refractivity contribution is -0.182. The highest BCUT2D eigenvalue weighted by Gasteiger charge is 2.23. The smallest absolute Gasteiger partial charge is 0.158 e. The van der Waals surface area contributed by atoms with Crippen molar-refractivity contribution in [3.05, 3.63) is 64.2 Å². The number of hydrogen-bond acceptors (Lipinski definition) is 3. The summed E-state index contributed by atoms with van der Waals surface area (Å²) < 4.78 is 11.3. The first-order valence-corrected chi connectivity index (χ1v) is 8.28. The molecule has 0 aromatic heterocycles. The lowest BCUT2D eigenvalue weighted by Gasteiger charge is -2.29. The maximum absolute atomic E-state index is 9.39. The molecule has 0 aliphatic carbocycles. The summed E-state index contributed by atoms with van der Waals surface area (Å²) in [7, 11) is 1.69. The first-order valence-electron chi connectivity index (χ1n) is 7.90. The predicted molar refractivity (Wildman–Crippen MR) is 90.8 cm³/mol. The standard InChI is InChI=1S/C19H21ClO3/c1-22-19-4-2-3-18(23-19)14-7-10-17(20)15(12-14)11-13-5-8-16(21)9-6-13/h5-10,12,18-19,21H,2-4,11H2,1H3. The van der Waals surface area contributed by atoms with Gasteiger partial charge in [0.1, 0.15) is 5.75 Å². The van der Waals surface area contributed by atoms with Crippen molar-refractivity contribution in [2.45, 2.75) is 38.1 Å². The number of halogens is 1. The Bertz CT molecular complexity index is 654. The molecular weight excluding hydrogens is 312 g/mol. The van der Waals surface area contributed by atoms with Crippen molar-refractivity contribution >= 4 is 11.6 Å². The average molecular weight is 333 g/mol. The number of phenolic OH excluding ortho intramolecular Hbond substituents is 1. The normalized spacial score (nSPS) is 21.3. The topological polar surface area (TPSA) is 38.7 Å². The molecule has 0 spiro atoms. The average Bonchev–Trinajstić information content (AvgIpc) is 2.59. The van der Waals surface area contributed by atoms with Crippen molar-refractivity contribution in [2.75, 3.05) is 7.11 Å². The summed E-state index contributed by atoms with van der Waals surface area (Å²) in [6, 6.07) is 13.3. The molecule has 0 saturated carbocycles. The molecule has 1 fully saturated rings. The third kappa shape index (κ3) is 4.05. The molecule has 2 unspecified atom stereocenters. The molecule has 1 saturated heterocycles. The molecule has 122 valence electrons. The van der Waals surface area contributed by atoms with Crippen molar-refractivity contribution in [1.29, 1.82) is 0 Å². The predicted octanol–water partition coefficient (Wildman–Crippen LogP) is 4.85. The first-order chi connectivity index (χ1) is 11.2. The fraction of sp³-hybridized carbons (Fsp3) is 0.368. The van der Waals surface area contributed by atoms with Crippen molar-refractivity contribution < 1.29 is 14.6 Å². The molecule has 4 heteroatoms. The Morgan fingerprint density at radius 1 is 1.17 bits per heavy atom. The molecule has 2 atom stereocenters. The lowest BCUT2D eigenvalue weighted by atomic mass is 9.96. The van der Waals surface area contributed by atoms with Gasteiger partial charge in [0, 0.05) is 12.1 Å². The molecule has 3 nitrogen and oxygen atoms in total. The summed E-state index contributed by atoms with van der Waals surface area (Å²) in [5.74, 6) is 0.273. The Labute approximate surface area is 141 Å². The molecule has 0 radical (unpaired) electrons. The van der Waals surface area contributed by atoms with E-state index in [2.05, 4.69) is 6.07 Å². The zero-order valence-electron chi connectivity index (χ0n) is 13.2. The quantitative estimate of drug-likeness (QED) is 0.869. The van der Waals surface area contributed by atoms with Crippen LogP contribution in [-0.4, -0.2) is 18.5 Å². The number of phenols is 1. The second-order valence-electron chi connectivity index (χ2n) is 5.91. The summed E-state index contributed by atoms with van der Waals surface area (Å²) in [6.07, 6.45) is 3.71. The molecule has 1 aliphatic rings. The number of hydrogen-bond donors (Lipinski definition) is 1. The summed E-state index contributed by atoms with van der Waals surface area (Å²) in [5, 5.41) is 10.1. The minimum atomic E-state index is -0.120. The van der Waals surface area contributed by atoms with Crippen LogP contribution in [-0.2, 0) is 15.9 Å². The Balaban J connectivity index is 1.80. The number of benzene rings is 2. The molecule has 23 heavy (non-hydrogen) atoms. The van der Waals surface area contributed by atoms with E-state index >= 15 is 0 Å². The van der Waals surface area contributed by atoms with E-state index < -0.39 is 0 Å². The highest BCUT2D eigenvalue weighted by atomic mass is 35.5. The minimum Gasteiger partial charge on any atom is -0.508 e. The van der Waals surface area contributed by atoms with Crippen LogP contribution in [0.3, 0.4) is 0 Å². The Morgan fingerprint density at radius 2 is 1.96 bits per heavy atom. The van der Waals surface area contributed by atoms with Gasteiger partial charge < -0.3 is 14.6 Å². The zero-order chi connectivity index (χ0) is 16.2. The number of rotatable bonds is 4. The maximum atomic E-state index is 9.39. The summed E-state index contributed by atoms with van der Waals surface area (Å²) in [6.45, 7) is 0. The number of aromatic hydroxyl groups is 1. The molecular formula is C19H21ClO3. The highest BCUT2D eigenvalue weighted by molar-refractivity contribution is 6.31. The number of methoxy groups -OCH3 is 1. The van der Waals surface area contributed by atoms with Crippen LogP contribution in [0.2, 0.25) is 5.02 Å². The van der Waals surface area contributed by atoms with Gasteiger partial charge in [-0.3, -0.25) is 0 Å². The van der Waals surface area contributed by atoms with E-state index in [1.165, 1.54) is 0 Å². The Morgan fingerprint density at radius 3 is 2.70 bits per heavy atom. The van der Waals surface area contributed by atoms with Crippen LogP contribution in [0.5, 0.6) is 5.75 Å². The van der Waals surface area contributed by atoms with Crippen LogP contribution in [0.15, 0.2) is 42.5 Å². The van der Waals surface area contributed by atoms with E-state index in [1.807, 2.05) is 24.3 Å². The molecule has 3 rings (SSSR count). The van der Waals surface area contributed by atoms with Crippen LogP contribution in [0.25, 0.3) is 0 Å². The third-order valence-electron chi connectivity index (χ3n) is 4.26. The van der Waals surface area contributed by atoms with Crippen molar-refractivity contribution in [3.63, 3.8) is 0 Å². The van der Waals surface area contributed by atoms with Crippen LogP contribution < -0.4 is 0 Å². The van der Waals surface area contributed by atoms with Crippen molar-refractivity contribution in [1.82, 2.24) is 0 Å². The van der Waals surface area contributed by atoms with Crippen LogP contribution >= 0.6 is 11.6 Å². The van der Waals surface area contributed by atoms with Gasteiger partial charge >= 0.3 is 0 Å². The second kappa shape index (κ2) is 7.35. The van der Waals surface area contributed by atoms with Gasteiger partial charge in [-0.2, -0.15) is 0 Å². The van der Waals surface area contributed by atoms with E-state index in [-0.39, 0.29) is 18.1 Å². The van der Waals surface area contributed by atoms with Crippen LogP contribution in [0.4, 0.5) is 0 Å². The van der Waals surface area contributed by atoms with Gasteiger partial charge in [-0.1, -0.05) is 35.9 Å². The monoisotopic (exact) mass is 332 g/mol. The third-order valence-corrected chi connectivity index (χ3v) is 4.63. The van der Waals surface area contributed by atoms with Gasteiger partial charge in [0.15, 0.2) is 6.29 Å². The second-order valence-corrected chi connectivity index (χ2v) is 6.32. The van der Waals surface area contributed by atoms with Gasteiger partial charge in [0.05, 0.1) is 6.10 Å². The van der Waals surface area contributed by atoms with E-state index in [4.69, 9.17) is 21.1 Å². The van der Waals surface area contributed by atoms with Crippen LogP contribution in [0, 0.1) is 0 Å². The summed E-state index contributed by atoms with van der Waals surface area (Å²) in [4.78, 5) is 0. The van der Waals surface area contributed by atoms with Gasteiger partial charge in [-0.15, -0.1) is 0 Å². The van der Waals surface area contributed by atoms with E-state index in [9.17, 15) is 5.11 Å². The molecule has 1 N–H and O–H groups in total. The van der Waals surface area contributed by atoms with Crippen molar-refractivity contribution in [2.24, 2.45) is 0 Å². The highest BCUT2D eigenvalue weighted by Crippen LogP contribution is 2.33. The molecule has 1 heterocycles. The van der Waals surface area contributed by atoms with Crippen LogP contribution in [0.1, 0.15) is 42.1 Å². The van der Waals surface area contributed by atoms with Gasteiger partial charge in [0.2, 0.25) is 0 Å². The molecule has 1 aliphatic heterocycles. The Kier molecular flexibility index (Phi) is 5.21. The van der Waals surface area contributed by atoms with E-state index in [0.29, 0.717) is 0 Å². The SMILES string of the molecule is COC1CCCC(c2ccc(Cl)c(Cc3ccc(O)cc3)c2)O1. The molecule has 2 aromatic carbocycles. The largest absolute Gasteiger partial charge is 0.508 e. The lowest BCUT2D eigenvalue weighted by Crippen LogP contribution is -2.23. The first kappa shape index (κ1) is 16.3.